The molecule has 5 rings (SSSR count). The van der Waals surface area contributed by atoms with Crippen molar-refractivity contribution in [3.63, 3.8) is 0 Å². The molecule has 1 saturated heterocycles. The maximum absolute atomic E-state index is 6.49. The second kappa shape index (κ2) is 8.22. The molecule has 0 unspecified atom stereocenters. The highest BCUT2D eigenvalue weighted by Crippen LogP contribution is 2.32. The van der Waals surface area contributed by atoms with Gasteiger partial charge in [0.15, 0.2) is 5.82 Å². The van der Waals surface area contributed by atoms with E-state index in [1.54, 1.807) is 18.6 Å². The van der Waals surface area contributed by atoms with Crippen LogP contribution >= 0.6 is 11.6 Å². The number of fused-ring (bicyclic) bond motifs is 1. The molecule has 0 saturated carbocycles. The molecule has 0 amide bonds. The smallest absolute Gasteiger partial charge is 0.162 e. The molecule has 1 aliphatic heterocycles. The van der Waals surface area contributed by atoms with Crippen molar-refractivity contribution in [2.45, 2.75) is 0 Å². The molecule has 0 aliphatic carbocycles. The van der Waals surface area contributed by atoms with Crippen LogP contribution in [-0.4, -0.2) is 46.1 Å². The minimum atomic E-state index is 0.564. The van der Waals surface area contributed by atoms with Crippen molar-refractivity contribution < 1.29 is 0 Å². The van der Waals surface area contributed by atoms with Gasteiger partial charge in [0.05, 0.1) is 22.1 Å². The largest absolute Gasteiger partial charge is 0.353 e. The number of nitrogens with one attached hydrogen (secondary N) is 2. The van der Waals surface area contributed by atoms with Crippen molar-refractivity contribution in [2.24, 2.45) is 0 Å². The van der Waals surface area contributed by atoms with Gasteiger partial charge in [-0.05, 0) is 24.3 Å². The van der Waals surface area contributed by atoms with E-state index in [0.29, 0.717) is 10.8 Å². The Hall–Kier alpha value is -3.29. The summed E-state index contributed by atoms with van der Waals surface area (Å²) in [5.74, 6) is 2.20. The fourth-order valence-electron chi connectivity index (χ4n) is 3.57. The summed E-state index contributed by atoms with van der Waals surface area (Å²) in [7, 11) is 0. The van der Waals surface area contributed by atoms with Gasteiger partial charge in [-0.3, -0.25) is 4.98 Å². The van der Waals surface area contributed by atoms with Crippen molar-refractivity contribution in [3.05, 3.63) is 66.1 Å². The van der Waals surface area contributed by atoms with Crippen LogP contribution in [0, 0.1) is 0 Å². The lowest BCUT2D eigenvalue weighted by molar-refractivity contribution is 0.586. The summed E-state index contributed by atoms with van der Waals surface area (Å²) in [5.41, 5.74) is 2.58. The second-order valence-corrected chi connectivity index (χ2v) is 7.45. The lowest BCUT2D eigenvalue weighted by Crippen LogP contribution is -2.44. The highest BCUT2D eigenvalue weighted by atomic mass is 35.5. The number of pyridine rings is 2. The molecule has 150 valence electrons. The zero-order chi connectivity index (χ0) is 20.3. The van der Waals surface area contributed by atoms with Crippen LogP contribution in [0.15, 0.2) is 61.1 Å². The number of hydrogen-bond donors (Lipinski definition) is 2. The van der Waals surface area contributed by atoms with Crippen molar-refractivity contribution >= 4 is 39.8 Å². The predicted molar refractivity (Wildman–Crippen MR) is 120 cm³/mol. The first-order valence-electron chi connectivity index (χ1n) is 9.83. The fourth-order valence-corrected chi connectivity index (χ4v) is 3.81. The van der Waals surface area contributed by atoms with Gasteiger partial charge < -0.3 is 15.5 Å². The molecule has 0 spiro atoms. The summed E-state index contributed by atoms with van der Waals surface area (Å²) in [6.45, 7) is 3.54. The normalized spacial score (nSPS) is 14.1. The number of benzene rings is 1. The Kier molecular flexibility index (Phi) is 5.13. The van der Waals surface area contributed by atoms with E-state index in [0.717, 1.165) is 60.0 Å². The van der Waals surface area contributed by atoms with Crippen LogP contribution in [0.4, 0.5) is 17.3 Å². The lowest BCUT2D eigenvalue weighted by atomic mass is 10.2. The minimum absolute atomic E-state index is 0.564. The van der Waals surface area contributed by atoms with Crippen LogP contribution in [0.2, 0.25) is 5.02 Å². The van der Waals surface area contributed by atoms with Gasteiger partial charge in [-0.2, -0.15) is 0 Å². The highest BCUT2D eigenvalue weighted by molar-refractivity contribution is 6.36. The molecule has 0 atom stereocenters. The predicted octanol–water partition coefficient (Wildman–Crippen LogP) is 3.89. The number of anilines is 3. The highest BCUT2D eigenvalue weighted by Gasteiger charge is 2.19. The SMILES string of the molecule is Clc1cncc2nc(-c3ccnc(Nc4ccccc4)c3)nc(N3CCNCC3)c12. The first kappa shape index (κ1) is 18.7. The molecule has 3 aromatic heterocycles. The Morgan fingerprint density at radius 2 is 1.83 bits per heavy atom. The Morgan fingerprint density at radius 3 is 2.67 bits per heavy atom. The molecule has 1 fully saturated rings. The number of piperazine rings is 1. The summed E-state index contributed by atoms with van der Waals surface area (Å²) in [6.07, 6.45) is 5.14. The maximum Gasteiger partial charge on any atom is 0.162 e. The first-order valence-corrected chi connectivity index (χ1v) is 10.2. The van der Waals surface area contributed by atoms with E-state index < -0.39 is 0 Å². The molecular weight excluding hydrogens is 398 g/mol. The molecule has 4 aromatic rings. The first-order chi connectivity index (χ1) is 14.8. The van der Waals surface area contributed by atoms with Crippen molar-refractivity contribution in [1.82, 2.24) is 25.3 Å². The average molecular weight is 418 g/mol. The summed E-state index contributed by atoms with van der Waals surface area (Å²) in [5, 5.41) is 8.10. The van der Waals surface area contributed by atoms with Gasteiger partial charge >= 0.3 is 0 Å². The van der Waals surface area contributed by atoms with Crippen LogP contribution in [-0.2, 0) is 0 Å². The molecular formula is C22H20ClN7. The van der Waals surface area contributed by atoms with Crippen LogP contribution in [0.3, 0.4) is 0 Å². The minimum Gasteiger partial charge on any atom is -0.353 e. The standard InChI is InChI=1S/C22H20ClN7/c23-17-13-25-14-18-20(17)22(30-10-8-24-9-11-30)29-21(28-18)15-6-7-26-19(12-15)27-16-4-2-1-3-5-16/h1-7,12-14,24H,8-11H2,(H,26,27). The Labute approximate surface area is 179 Å². The van der Waals surface area contributed by atoms with E-state index in [2.05, 4.69) is 25.5 Å². The Morgan fingerprint density at radius 1 is 1.00 bits per heavy atom. The molecule has 4 heterocycles. The van der Waals surface area contributed by atoms with E-state index >= 15 is 0 Å². The molecule has 0 radical (unpaired) electrons. The third kappa shape index (κ3) is 3.77. The molecule has 30 heavy (non-hydrogen) atoms. The van der Waals surface area contributed by atoms with Gasteiger partial charge in [-0.25, -0.2) is 15.0 Å². The van der Waals surface area contributed by atoms with E-state index in [9.17, 15) is 0 Å². The van der Waals surface area contributed by atoms with Gasteiger partial charge in [0.2, 0.25) is 0 Å². The maximum atomic E-state index is 6.49. The fraction of sp³-hybridized carbons (Fsp3) is 0.182. The number of aromatic nitrogens is 4. The van der Waals surface area contributed by atoms with Crippen LogP contribution in [0.1, 0.15) is 0 Å². The quantitative estimate of drug-likeness (QED) is 0.521. The number of hydrogen-bond acceptors (Lipinski definition) is 7. The summed E-state index contributed by atoms with van der Waals surface area (Å²) in [4.78, 5) is 20.6. The van der Waals surface area contributed by atoms with Crippen molar-refractivity contribution in [1.29, 1.82) is 0 Å². The number of nitrogens with zero attached hydrogens (tertiary/aromatic N) is 5. The summed E-state index contributed by atoms with van der Waals surface area (Å²) in [6, 6.07) is 13.8. The summed E-state index contributed by atoms with van der Waals surface area (Å²) < 4.78 is 0. The van der Waals surface area contributed by atoms with E-state index in [-0.39, 0.29) is 0 Å². The van der Waals surface area contributed by atoms with Crippen molar-refractivity contribution in [2.75, 3.05) is 36.4 Å². The third-order valence-corrected chi connectivity index (χ3v) is 5.31. The van der Waals surface area contributed by atoms with Gasteiger partial charge in [0.1, 0.15) is 11.6 Å². The van der Waals surface area contributed by atoms with Crippen LogP contribution in [0.25, 0.3) is 22.3 Å². The van der Waals surface area contributed by atoms with Gasteiger partial charge in [0, 0.05) is 49.8 Å². The van der Waals surface area contributed by atoms with Gasteiger partial charge in [-0.1, -0.05) is 29.8 Å². The average Bonchev–Trinajstić information content (AvgIpc) is 2.80. The molecule has 7 nitrogen and oxygen atoms in total. The zero-order valence-electron chi connectivity index (χ0n) is 16.2. The molecule has 2 N–H and O–H groups in total. The number of rotatable bonds is 4. The molecule has 1 aromatic carbocycles. The van der Waals surface area contributed by atoms with Gasteiger partial charge in [-0.15, -0.1) is 0 Å². The van der Waals surface area contributed by atoms with Crippen LogP contribution in [0.5, 0.6) is 0 Å². The van der Waals surface area contributed by atoms with Crippen LogP contribution < -0.4 is 15.5 Å². The second-order valence-electron chi connectivity index (χ2n) is 7.04. The molecule has 1 aliphatic rings. The van der Waals surface area contributed by atoms with E-state index in [4.69, 9.17) is 21.6 Å². The lowest BCUT2D eigenvalue weighted by Gasteiger charge is -2.29. The molecule has 0 bridgehead atoms. The molecule has 8 heteroatoms. The van der Waals surface area contributed by atoms with E-state index in [1.165, 1.54) is 0 Å². The van der Waals surface area contributed by atoms with E-state index in [1.807, 2.05) is 42.5 Å². The Balaban J connectivity index is 1.58. The van der Waals surface area contributed by atoms with Gasteiger partial charge in [0.25, 0.3) is 0 Å². The topological polar surface area (TPSA) is 78.9 Å². The zero-order valence-corrected chi connectivity index (χ0v) is 17.0. The number of para-hydroxylation sites is 1. The third-order valence-electron chi connectivity index (χ3n) is 5.02. The monoisotopic (exact) mass is 417 g/mol. The number of halogens is 1. The Bertz CT molecular complexity index is 1180. The summed E-state index contributed by atoms with van der Waals surface area (Å²) >= 11 is 6.49. The van der Waals surface area contributed by atoms with Crippen molar-refractivity contribution in [3.8, 4) is 11.4 Å².